The summed E-state index contributed by atoms with van der Waals surface area (Å²) in [4.78, 5) is 11.7. The van der Waals surface area contributed by atoms with E-state index in [9.17, 15) is 18.0 Å². The van der Waals surface area contributed by atoms with Crippen LogP contribution in [0.2, 0.25) is 0 Å². The number of aliphatic hydroxyl groups excluding tert-OH is 1. The number of alkyl halides is 3. The molecule has 0 aliphatic carbocycles. The van der Waals surface area contributed by atoms with Crippen LogP contribution in [0.5, 0.6) is 0 Å². The number of hydrogen-bond donors (Lipinski definition) is 2. The summed E-state index contributed by atoms with van der Waals surface area (Å²) in [6, 6.07) is 4.66. The highest BCUT2D eigenvalue weighted by Crippen LogP contribution is 2.14. The van der Waals surface area contributed by atoms with E-state index in [0.717, 1.165) is 5.56 Å². The minimum atomic E-state index is -4.46. The lowest BCUT2D eigenvalue weighted by atomic mass is 10.0. The predicted molar refractivity (Wildman–Crippen MR) is 63.5 cm³/mol. The average molecular weight is 271 g/mol. The number of halogens is 3. The SMILES string of the molecule is Cc1ccc(C#CCO)c(C(=O)NCC(F)(F)F)c1. The van der Waals surface area contributed by atoms with E-state index in [1.807, 2.05) is 0 Å². The molecule has 3 nitrogen and oxygen atoms in total. The van der Waals surface area contributed by atoms with Crippen LogP contribution in [-0.2, 0) is 0 Å². The van der Waals surface area contributed by atoms with Gasteiger partial charge in [-0.3, -0.25) is 4.79 Å². The monoisotopic (exact) mass is 271 g/mol. The molecule has 0 radical (unpaired) electrons. The van der Waals surface area contributed by atoms with Crippen LogP contribution >= 0.6 is 0 Å². The van der Waals surface area contributed by atoms with Crippen molar-refractivity contribution in [2.45, 2.75) is 13.1 Å². The first-order valence-corrected chi connectivity index (χ1v) is 5.39. The van der Waals surface area contributed by atoms with Crippen molar-refractivity contribution < 1.29 is 23.1 Å². The normalized spacial score (nSPS) is 10.6. The minimum Gasteiger partial charge on any atom is -0.384 e. The van der Waals surface area contributed by atoms with Crippen molar-refractivity contribution in [1.82, 2.24) is 5.32 Å². The van der Waals surface area contributed by atoms with Gasteiger partial charge in [-0.15, -0.1) is 0 Å². The first-order valence-electron chi connectivity index (χ1n) is 5.39. The minimum absolute atomic E-state index is 0.0604. The van der Waals surface area contributed by atoms with E-state index in [1.165, 1.54) is 12.1 Å². The molecule has 1 rings (SSSR count). The summed E-state index contributed by atoms with van der Waals surface area (Å²) in [5, 5.41) is 10.4. The molecule has 0 atom stereocenters. The van der Waals surface area contributed by atoms with Crippen LogP contribution in [0.15, 0.2) is 18.2 Å². The molecule has 0 aliphatic rings. The summed E-state index contributed by atoms with van der Waals surface area (Å²) >= 11 is 0. The zero-order chi connectivity index (χ0) is 14.5. The summed E-state index contributed by atoms with van der Waals surface area (Å²) in [6.45, 7) is -0.0755. The van der Waals surface area contributed by atoms with Gasteiger partial charge in [0.1, 0.15) is 13.2 Å². The Bertz CT molecular complexity index is 527. The number of benzene rings is 1. The van der Waals surface area contributed by atoms with Crippen LogP contribution in [0.1, 0.15) is 21.5 Å². The number of nitrogens with one attached hydrogen (secondary N) is 1. The molecule has 1 amide bonds. The molecule has 102 valence electrons. The first-order chi connectivity index (χ1) is 8.83. The van der Waals surface area contributed by atoms with Gasteiger partial charge >= 0.3 is 6.18 Å². The maximum atomic E-state index is 12.0. The Labute approximate surface area is 108 Å². The second-order valence-electron chi connectivity index (χ2n) is 3.81. The Kier molecular flexibility index (Phi) is 4.95. The number of hydrogen-bond acceptors (Lipinski definition) is 2. The molecule has 19 heavy (non-hydrogen) atoms. The van der Waals surface area contributed by atoms with Gasteiger partial charge in [-0.1, -0.05) is 23.5 Å². The first kappa shape index (κ1) is 15.1. The third-order valence-corrected chi connectivity index (χ3v) is 2.17. The zero-order valence-corrected chi connectivity index (χ0v) is 10.1. The zero-order valence-electron chi connectivity index (χ0n) is 10.1. The number of aliphatic hydroxyl groups is 1. The molecular formula is C13H12F3NO2. The molecule has 1 aromatic carbocycles. The number of carbonyl (C=O) groups is 1. The Morgan fingerprint density at radius 3 is 2.68 bits per heavy atom. The second-order valence-corrected chi connectivity index (χ2v) is 3.81. The molecule has 0 fully saturated rings. The summed E-state index contributed by atoms with van der Waals surface area (Å²) in [5.41, 5.74) is 1.07. The lowest BCUT2D eigenvalue weighted by Gasteiger charge is -2.10. The molecule has 2 N–H and O–H groups in total. The van der Waals surface area contributed by atoms with E-state index in [-0.39, 0.29) is 11.1 Å². The van der Waals surface area contributed by atoms with Crippen molar-refractivity contribution in [3.63, 3.8) is 0 Å². The van der Waals surface area contributed by atoms with E-state index < -0.39 is 25.2 Å². The topological polar surface area (TPSA) is 49.3 Å². The average Bonchev–Trinajstić information content (AvgIpc) is 2.33. The highest BCUT2D eigenvalue weighted by molar-refractivity contribution is 5.97. The summed E-state index contributed by atoms with van der Waals surface area (Å²) in [7, 11) is 0. The van der Waals surface area contributed by atoms with Crippen molar-refractivity contribution >= 4 is 5.91 Å². The smallest absolute Gasteiger partial charge is 0.384 e. The van der Waals surface area contributed by atoms with E-state index in [2.05, 4.69) is 11.8 Å². The molecule has 0 heterocycles. The molecular weight excluding hydrogens is 259 g/mol. The summed E-state index contributed by atoms with van der Waals surface area (Å²) in [6.07, 6.45) is -4.46. The van der Waals surface area contributed by atoms with E-state index in [4.69, 9.17) is 5.11 Å². The summed E-state index contributed by atoms with van der Waals surface area (Å²) < 4.78 is 36.1. The Morgan fingerprint density at radius 2 is 2.11 bits per heavy atom. The number of rotatable bonds is 2. The Hall–Kier alpha value is -2.00. The van der Waals surface area contributed by atoms with Gasteiger partial charge < -0.3 is 10.4 Å². The van der Waals surface area contributed by atoms with Crippen LogP contribution < -0.4 is 5.32 Å². The molecule has 0 aliphatic heterocycles. The highest BCUT2D eigenvalue weighted by atomic mass is 19.4. The van der Waals surface area contributed by atoms with Gasteiger partial charge in [0.05, 0.1) is 5.56 Å². The van der Waals surface area contributed by atoms with Crippen molar-refractivity contribution in [1.29, 1.82) is 0 Å². The van der Waals surface area contributed by atoms with Crippen molar-refractivity contribution in [2.24, 2.45) is 0 Å². The molecule has 0 saturated heterocycles. The van der Waals surface area contributed by atoms with Gasteiger partial charge in [-0.25, -0.2) is 0 Å². The van der Waals surface area contributed by atoms with Gasteiger partial charge in [0.15, 0.2) is 0 Å². The van der Waals surface area contributed by atoms with Crippen LogP contribution in [0, 0.1) is 18.8 Å². The third-order valence-electron chi connectivity index (χ3n) is 2.17. The largest absolute Gasteiger partial charge is 0.405 e. The van der Waals surface area contributed by atoms with Crippen molar-refractivity contribution in [3.8, 4) is 11.8 Å². The fourth-order valence-corrected chi connectivity index (χ4v) is 1.37. The second kappa shape index (κ2) is 6.25. The molecule has 0 unspecified atom stereocenters. The van der Waals surface area contributed by atoms with Gasteiger partial charge in [-0.05, 0) is 19.1 Å². The summed E-state index contributed by atoms with van der Waals surface area (Å²) in [5.74, 6) is 4.04. The number of carbonyl (C=O) groups excluding carboxylic acids is 1. The van der Waals surface area contributed by atoms with Gasteiger partial charge in [-0.2, -0.15) is 13.2 Å². The molecule has 0 spiro atoms. The van der Waals surface area contributed by atoms with Crippen LogP contribution in [-0.4, -0.2) is 30.3 Å². The van der Waals surface area contributed by atoms with Crippen LogP contribution in [0.4, 0.5) is 13.2 Å². The maximum absolute atomic E-state index is 12.0. The fourth-order valence-electron chi connectivity index (χ4n) is 1.37. The number of aryl methyl sites for hydroxylation is 1. The van der Waals surface area contributed by atoms with Crippen LogP contribution in [0.3, 0.4) is 0 Å². The maximum Gasteiger partial charge on any atom is 0.405 e. The standard InChI is InChI=1S/C13H12F3NO2/c1-9-4-5-10(3-2-6-18)11(7-9)12(19)17-8-13(14,15)16/h4-5,7,18H,6,8H2,1H3,(H,17,19). The van der Waals surface area contributed by atoms with E-state index in [1.54, 1.807) is 18.3 Å². The van der Waals surface area contributed by atoms with Crippen molar-refractivity contribution in [2.75, 3.05) is 13.2 Å². The lowest BCUT2D eigenvalue weighted by molar-refractivity contribution is -0.123. The lowest BCUT2D eigenvalue weighted by Crippen LogP contribution is -2.34. The molecule has 0 saturated carbocycles. The van der Waals surface area contributed by atoms with E-state index >= 15 is 0 Å². The Morgan fingerprint density at radius 1 is 1.42 bits per heavy atom. The van der Waals surface area contributed by atoms with Gasteiger partial charge in [0, 0.05) is 5.56 Å². The van der Waals surface area contributed by atoms with Crippen molar-refractivity contribution in [3.05, 3.63) is 34.9 Å². The number of amides is 1. The predicted octanol–water partition coefficient (Wildman–Crippen LogP) is 1.63. The highest BCUT2D eigenvalue weighted by Gasteiger charge is 2.28. The molecule has 6 heteroatoms. The molecule has 0 aromatic heterocycles. The van der Waals surface area contributed by atoms with Crippen LogP contribution in [0.25, 0.3) is 0 Å². The van der Waals surface area contributed by atoms with E-state index in [0.29, 0.717) is 0 Å². The fraction of sp³-hybridized carbons (Fsp3) is 0.308. The molecule has 0 bridgehead atoms. The van der Waals surface area contributed by atoms with Gasteiger partial charge in [0.2, 0.25) is 0 Å². The quantitative estimate of drug-likeness (QED) is 0.803. The van der Waals surface area contributed by atoms with Gasteiger partial charge in [0.25, 0.3) is 5.91 Å². The Balaban J connectivity index is 2.97. The molecule has 1 aromatic rings. The third kappa shape index (κ3) is 5.02.